The molecule has 88 valence electrons. The fraction of sp³-hybridized carbons (Fsp3) is 0.538. The minimum absolute atomic E-state index is 0.182. The fourth-order valence-corrected chi connectivity index (χ4v) is 3.13. The summed E-state index contributed by atoms with van der Waals surface area (Å²) in [4.78, 5) is 0. The van der Waals surface area contributed by atoms with Crippen LogP contribution in [0.5, 0.6) is 5.75 Å². The topological polar surface area (TPSA) is 35.2 Å². The lowest BCUT2D eigenvalue weighted by Gasteiger charge is -2.27. The molecule has 1 aromatic rings. The summed E-state index contributed by atoms with van der Waals surface area (Å²) in [5, 5.41) is 0. The van der Waals surface area contributed by atoms with Gasteiger partial charge in [-0.25, -0.2) is 0 Å². The van der Waals surface area contributed by atoms with Gasteiger partial charge in [-0.2, -0.15) is 11.8 Å². The summed E-state index contributed by atoms with van der Waals surface area (Å²) in [5.41, 5.74) is 6.16. The fourth-order valence-electron chi connectivity index (χ4n) is 1.99. The van der Waals surface area contributed by atoms with Crippen LogP contribution in [0.4, 0.5) is 0 Å². The van der Waals surface area contributed by atoms with Crippen LogP contribution in [0.2, 0.25) is 0 Å². The first-order valence-electron chi connectivity index (χ1n) is 5.87. The van der Waals surface area contributed by atoms with Crippen LogP contribution in [0.1, 0.15) is 12.8 Å². The molecule has 1 aromatic carbocycles. The Morgan fingerprint density at radius 3 is 2.62 bits per heavy atom. The predicted octanol–water partition coefficient (Wildman–Crippen LogP) is 2.54. The second kappa shape index (κ2) is 6.16. The van der Waals surface area contributed by atoms with E-state index in [0.717, 1.165) is 5.75 Å². The number of para-hydroxylation sites is 1. The molecule has 0 aromatic heterocycles. The van der Waals surface area contributed by atoms with Gasteiger partial charge in [-0.3, -0.25) is 0 Å². The van der Waals surface area contributed by atoms with Crippen LogP contribution >= 0.6 is 11.8 Å². The standard InChI is InChI=1S/C13H19NOS/c14-13(11-6-8-16-9-7-11)10-15-12-4-2-1-3-5-12/h1-5,11,13H,6-10,14H2. The molecule has 1 heterocycles. The lowest BCUT2D eigenvalue weighted by atomic mass is 9.95. The van der Waals surface area contributed by atoms with Crippen molar-refractivity contribution in [3.63, 3.8) is 0 Å². The highest BCUT2D eigenvalue weighted by Crippen LogP contribution is 2.25. The van der Waals surface area contributed by atoms with Gasteiger partial charge in [0, 0.05) is 6.04 Å². The normalized spacial score (nSPS) is 19.3. The number of thioether (sulfide) groups is 1. The molecular formula is C13H19NOS. The van der Waals surface area contributed by atoms with E-state index >= 15 is 0 Å². The molecule has 3 heteroatoms. The van der Waals surface area contributed by atoms with Crippen molar-refractivity contribution < 1.29 is 4.74 Å². The third kappa shape index (κ3) is 3.42. The molecule has 2 N–H and O–H groups in total. The Balaban J connectivity index is 1.76. The Bertz CT molecular complexity index is 298. The number of nitrogens with two attached hydrogens (primary N) is 1. The van der Waals surface area contributed by atoms with Gasteiger partial charge in [0.2, 0.25) is 0 Å². The number of hydrogen-bond acceptors (Lipinski definition) is 3. The summed E-state index contributed by atoms with van der Waals surface area (Å²) >= 11 is 2.03. The minimum atomic E-state index is 0.182. The highest BCUT2D eigenvalue weighted by molar-refractivity contribution is 7.99. The molecule has 2 rings (SSSR count). The molecule has 1 atom stereocenters. The van der Waals surface area contributed by atoms with E-state index in [4.69, 9.17) is 10.5 Å². The minimum Gasteiger partial charge on any atom is -0.492 e. The van der Waals surface area contributed by atoms with E-state index < -0.39 is 0 Å². The summed E-state index contributed by atoms with van der Waals surface area (Å²) in [6, 6.07) is 10.1. The zero-order valence-electron chi connectivity index (χ0n) is 9.47. The van der Waals surface area contributed by atoms with Crippen molar-refractivity contribution in [1.82, 2.24) is 0 Å². The van der Waals surface area contributed by atoms with Crippen molar-refractivity contribution in [1.29, 1.82) is 0 Å². The largest absolute Gasteiger partial charge is 0.492 e. The number of rotatable bonds is 4. The van der Waals surface area contributed by atoms with E-state index in [1.165, 1.54) is 24.3 Å². The Morgan fingerprint density at radius 1 is 1.25 bits per heavy atom. The van der Waals surface area contributed by atoms with Crippen LogP contribution in [0.3, 0.4) is 0 Å². The number of ether oxygens (including phenoxy) is 1. The van der Waals surface area contributed by atoms with Crippen LogP contribution in [0, 0.1) is 5.92 Å². The molecule has 2 nitrogen and oxygen atoms in total. The Kier molecular flexibility index (Phi) is 4.55. The molecule has 1 fully saturated rings. The summed E-state index contributed by atoms with van der Waals surface area (Å²) in [6.45, 7) is 0.638. The first-order chi connectivity index (χ1) is 7.86. The molecule has 0 spiro atoms. The summed E-state index contributed by atoms with van der Waals surface area (Å²) in [6.07, 6.45) is 2.48. The third-order valence-electron chi connectivity index (χ3n) is 3.06. The number of benzene rings is 1. The van der Waals surface area contributed by atoms with E-state index in [1.54, 1.807) is 0 Å². The van der Waals surface area contributed by atoms with Crippen molar-refractivity contribution in [2.24, 2.45) is 11.7 Å². The van der Waals surface area contributed by atoms with Gasteiger partial charge >= 0.3 is 0 Å². The predicted molar refractivity (Wildman–Crippen MR) is 70.0 cm³/mol. The molecule has 1 aliphatic rings. The molecular weight excluding hydrogens is 218 g/mol. The van der Waals surface area contributed by atoms with Crippen LogP contribution in [-0.4, -0.2) is 24.2 Å². The van der Waals surface area contributed by atoms with Gasteiger partial charge in [0.05, 0.1) is 0 Å². The first-order valence-corrected chi connectivity index (χ1v) is 7.03. The van der Waals surface area contributed by atoms with Gasteiger partial charge in [0.1, 0.15) is 12.4 Å². The van der Waals surface area contributed by atoms with E-state index in [2.05, 4.69) is 0 Å². The van der Waals surface area contributed by atoms with Crippen LogP contribution < -0.4 is 10.5 Å². The maximum Gasteiger partial charge on any atom is 0.119 e. The number of hydrogen-bond donors (Lipinski definition) is 1. The van der Waals surface area contributed by atoms with Gasteiger partial charge in [0.15, 0.2) is 0 Å². The zero-order valence-corrected chi connectivity index (χ0v) is 10.3. The van der Waals surface area contributed by atoms with Gasteiger partial charge < -0.3 is 10.5 Å². The molecule has 0 radical (unpaired) electrons. The van der Waals surface area contributed by atoms with Crippen LogP contribution in [0.15, 0.2) is 30.3 Å². The molecule has 1 unspecified atom stereocenters. The van der Waals surface area contributed by atoms with Crippen LogP contribution in [-0.2, 0) is 0 Å². The maximum atomic E-state index is 6.16. The van der Waals surface area contributed by atoms with Crippen molar-refractivity contribution in [2.45, 2.75) is 18.9 Å². The van der Waals surface area contributed by atoms with E-state index in [-0.39, 0.29) is 6.04 Å². The molecule has 0 bridgehead atoms. The van der Waals surface area contributed by atoms with E-state index in [0.29, 0.717) is 12.5 Å². The van der Waals surface area contributed by atoms with Crippen molar-refractivity contribution in [2.75, 3.05) is 18.1 Å². The van der Waals surface area contributed by atoms with Crippen LogP contribution in [0.25, 0.3) is 0 Å². The molecule has 1 aliphatic heterocycles. The second-order valence-electron chi connectivity index (χ2n) is 4.24. The quantitative estimate of drug-likeness (QED) is 0.874. The molecule has 1 saturated heterocycles. The Morgan fingerprint density at radius 2 is 1.94 bits per heavy atom. The van der Waals surface area contributed by atoms with Crippen molar-refractivity contribution in [3.05, 3.63) is 30.3 Å². The molecule has 0 amide bonds. The van der Waals surface area contributed by atoms with Gasteiger partial charge in [-0.05, 0) is 42.4 Å². The molecule has 0 saturated carbocycles. The van der Waals surface area contributed by atoms with E-state index in [9.17, 15) is 0 Å². The highest BCUT2D eigenvalue weighted by Gasteiger charge is 2.21. The average Bonchev–Trinajstić information content (AvgIpc) is 2.38. The van der Waals surface area contributed by atoms with Gasteiger partial charge in [-0.1, -0.05) is 18.2 Å². The van der Waals surface area contributed by atoms with Gasteiger partial charge in [0.25, 0.3) is 0 Å². The SMILES string of the molecule is NC(COc1ccccc1)C1CCSCC1. The maximum absolute atomic E-state index is 6.16. The van der Waals surface area contributed by atoms with E-state index in [1.807, 2.05) is 42.1 Å². The highest BCUT2D eigenvalue weighted by atomic mass is 32.2. The van der Waals surface area contributed by atoms with Crippen molar-refractivity contribution in [3.8, 4) is 5.75 Å². The molecule has 16 heavy (non-hydrogen) atoms. The average molecular weight is 237 g/mol. The second-order valence-corrected chi connectivity index (χ2v) is 5.46. The monoisotopic (exact) mass is 237 g/mol. The first kappa shape index (κ1) is 11.8. The summed E-state index contributed by atoms with van der Waals surface area (Å²) in [5.74, 6) is 4.07. The summed E-state index contributed by atoms with van der Waals surface area (Å²) in [7, 11) is 0. The Labute approximate surface area is 102 Å². The third-order valence-corrected chi connectivity index (χ3v) is 4.11. The lowest BCUT2D eigenvalue weighted by molar-refractivity contribution is 0.239. The van der Waals surface area contributed by atoms with Gasteiger partial charge in [-0.15, -0.1) is 0 Å². The smallest absolute Gasteiger partial charge is 0.119 e. The van der Waals surface area contributed by atoms with Crippen molar-refractivity contribution >= 4 is 11.8 Å². The Hall–Kier alpha value is -0.670. The molecule has 0 aliphatic carbocycles. The lowest BCUT2D eigenvalue weighted by Crippen LogP contribution is -2.37. The summed E-state index contributed by atoms with van der Waals surface area (Å²) < 4.78 is 5.69. The zero-order chi connectivity index (χ0) is 11.2.